The molecule has 0 saturated carbocycles. The molecular weight excluding hydrogens is 320 g/mol. The zero-order chi connectivity index (χ0) is 17.6. The number of carbonyl (C=O) groups excluding carboxylic acids is 2. The number of benzene rings is 1. The molecule has 2 heterocycles. The lowest BCUT2D eigenvalue weighted by Gasteiger charge is -2.23. The van der Waals surface area contributed by atoms with Crippen LogP contribution in [0.3, 0.4) is 0 Å². The molecule has 1 aliphatic rings. The Kier molecular flexibility index (Phi) is 5.38. The molecule has 25 heavy (non-hydrogen) atoms. The van der Waals surface area contributed by atoms with Crippen LogP contribution in [0.5, 0.6) is 5.75 Å². The van der Waals surface area contributed by atoms with Gasteiger partial charge in [-0.25, -0.2) is 0 Å². The second kappa shape index (κ2) is 7.88. The fourth-order valence-corrected chi connectivity index (χ4v) is 2.91. The number of likely N-dealkylation sites (tertiary alicyclic amines) is 1. The first-order valence-electron chi connectivity index (χ1n) is 8.42. The molecule has 2 amide bonds. The molecular formula is C19H22N2O4. The van der Waals surface area contributed by atoms with Gasteiger partial charge in [0.15, 0.2) is 6.61 Å². The molecule has 0 spiro atoms. The minimum Gasteiger partial charge on any atom is -0.484 e. The van der Waals surface area contributed by atoms with Gasteiger partial charge in [0.1, 0.15) is 17.6 Å². The van der Waals surface area contributed by atoms with Crippen molar-refractivity contribution in [1.82, 2.24) is 10.2 Å². The molecule has 3 rings (SSSR count). The van der Waals surface area contributed by atoms with Gasteiger partial charge in [0.05, 0.1) is 12.8 Å². The van der Waals surface area contributed by atoms with Crippen molar-refractivity contribution in [2.45, 2.75) is 32.4 Å². The normalized spacial score (nSPS) is 16.7. The molecule has 1 fully saturated rings. The zero-order valence-corrected chi connectivity index (χ0v) is 14.2. The number of hydrogen-bond acceptors (Lipinski definition) is 4. The lowest BCUT2D eigenvalue weighted by Crippen LogP contribution is -2.47. The lowest BCUT2D eigenvalue weighted by atomic mass is 10.2. The van der Waals surface area contributed by atoms with E-state index in [9.17, 15) is 9.59 Å². The topological polar surface area (TPSA) is 71.8 Å². The fraction of sp³-hybridized carbons (Fsp3) is 0.368. The van der Waals surface area contributed by atoms with Crippen molar-refractivity contribution in [3.63, 3.8) is 0 Å². The summed E-state index contributed by atoms with van der Waals surface area (Å²) in [6.45, 7) is 2.83. The number of nitrogens with one attached hydrogen (secondary N) is 1. The van der Waals surface area contributed by atoms with Crippen LogP contribution in [0.15, 0.2) is 47.1 Å². The predicted octanol–water partition coefficient (Wildman–Crippen LogP) is 2.27. The Morgan fingerprint density at radius 1 is 1.28 bits per heavy atom. The summed E-state index contributed by atoms with van der Waals surface area (Å²) in [4.78, 5) is 26.4. The van der Waals surface area contributed by atoms with E-state index in [0.29, 0.717) is 31.0 Å². The summed E-state index contributed by atoms with van der Waals surface area (Å²) >= 11 is 0. The third-order valence-corrected chi connectivity index (χ3v) is 4.28. The molecule has 2 aromatic rings. The maximum Gasteiger partial charge on any atom is 0.261 e. The van der Waals surface area contributed by atoms with Gasteiger partial charge in [0, 0.05) is 6.54 Å². The number of amides is 2. The van der Waals surface area contributed by atoms with Gasteiger partial charge in [-0.1, -0.05) is 17.7 Å². The number of furan rings is 1. The second-order valence-corrected chi connectivity index (χ2v) is 6.14. The van der Waals surface area contributed by atoms with Crippen molar-refractivity contribution < 1.29 is 18.7 Å². The van der Waals surface area contributed by atoms with Crippen molar-refractivity contribution in [2.24, 2.45) is 0 Å². The summed E-state index contributed by atoms with van der Waals surface area (Å²) in [5.74, 6) is 1.01. The number of rotatable bonds is 6. The standard InChI is InChI=1S/C19H22N2O4/c1-14-6-8-15(9-7-14)25-13-18(22)21-10-2-5-17(21)19(23)20-12-16-4-3-11-24-16/h3-4,6-9,11,17H,2,5,10,12-13H2,1H3,(H,20,23). The molecule has 1 aromatic carbocycles. The predicted molar refractivity (Wildman–Crippen MR) is 92.0 cm³/mol. The second-order valence-electron chi connectivity index (χ2n) is 6.14. The van der Waals surface area contributed by atoms with Crippen LogP contribution in [-0.2, 0) is 16.1 Å². The molecule has 6 nitrogen and oxygen atoms in total. The highest BCUT2D eigenvalue weighted by atomic mass is 16.5. The fourth-order valence-electron chi connectivity index (χ4n) is 2.91. The van der Waals surface area contributed by atoms with E-state index in [1.807, 2.05) is 31.2 Å². The number of ether oxygens (including phenoxy) is 1. The van der Waals surface area contributed by atoms with Gasteiger partial charge in [-0.15, -0.1) is 0 Å². The van der Waals surface area contributed by atoms with Crippen LogP contribution in [0, 0.1) is 6.92 Å². The summed E-state index contributed by atoms with van der Waals surface area (Å²) in [7, 11) is 0. The molecule has 1 aromatic heterocycles. The van der Waals surface area contributed by atoms with E-state index in [-0.39, 0.29) is 18.4 Å². The highest BCUT2D eigenvalue weighted by molar-refractivity contribution is 5.88. The SMILES string of the molecule is Cc1ccc(OCC(=O)N2CCCC2C(=O)NCc2ccco2)cc1. The molecule has 1 aliphatic heterocycles. The van der Waals surface area contributed by atoms with Gasteiger partial charge >= 0.3 is 0 Å². The van der Waals surface area contributed by atoms with Crippen LogP contribution >= 0.6 is 0 Å². The average Bonchev–Trinajstić information content (AvgIpc) is 3.30. The summed E-state index contributed by atoms with van der Waals surface area (Å²) < 4.78 is 10.7. The van der Waals surface area contributed by atoms with Crippen LogP contribution in [0.1, 0.15) is 24.2 Å². The van der Waals surface area contributed by atoms with Crippen LogP contribution < -0.4 is 10.1 Å². The highest BCUT2D eigenvalue weighted by Crippen LogP contribution is 2.19. The van der Waals surface area contributed by atoms with Crippen molar-refractivity contribution in [3.8, 4) is 5.75 Å². The van der Waals surface area contributed by atoms with Gasteiger partial charge in [0.25, 0.3) is 5.91 Å². The minimum absolute atomic E-state index is 0.0645. The van der Waals surface area contributed by atoms with Gasteiger partial charge < -0.3 is 19.4 Å². The molecule has 6 heteroatoms. The third kappa shape index (κ3) is 4.41. The Bertz CT molecular complexity index is 710. The van der Waals surface area contributed by atoms with Crippen LogP contribution in [0.4, 0.5) is 0 Å². The third-order valence-electron chi connectivity index (χ3n) is 4.28. The van der Waals surface area contributed by atoms with Crippen molar-refractivity contribution in [1.29, 1.82) is 0 Å². The van der Waals surface area contributed by atoms with Crippen molar-refractivity contribution in [3.05, 3.63) is 54.0 Å². The Labute approximate surface area is 146 Å². The zero-order valence-electron chi connectivity index (χ0n) is 14.2. The van der Waals surface area contributed by atoms with E-state index in [1.54, 1.807) is 23.3 Å². The molecule has 1 N–H and O–H groups in total. The summed E-state index contributed by atoms with van der Waals surface area (Å²) in [6.07, 6.45) is 3.05. The summed E-state index contributed by atoms with van der Waals surface area (Å²) in [6, 6.07) is 10.7. The van der Waals surface area contributed by atoms with E-state index in [0.717, 1.165) is 12.0 Å². The molecule has 0 aliphatic carbocycles. The number of nitrogens with zero attached hydrogens (tertiary/aromatic N) is 1. The maximum atomic E-state index is 12.4. The number of hydrogen-bond donors (Lipinski definition) is 1. The molecule has 1 atom stereocenters. The van der Waals surface area contributed by atoms with Gasteiger partial charge in [-0.2, -0.15) is 0 Å². The lowest BCUT2D eigenvalue weighted by molar-refractivity contribution is -0.140. The molecule has 0 radical (unpaired) electrons. The molecule has 0 bridgehead atoms. The van der Waals surface area contributed by atoms with Gasteiger partial charge in [-0.3, -0.25) is 9.59 Å². The van der Waals surface area contributed by atoms with E-state index >= 15 is 0 Å². The first kappa shape index (κ1) is 17.1. The van der Waals surface area contributed by atoms with E-state index in [2.05, 4.69) is 5.32 Å². The highest BCUT2D eigenvalue weighted by Gasteiger charge is 2.34. The molecule has 1 saturated heterocycles. The van der Waals surface area contributed by atoms with Crippen LogP contribution in [0.2, 0.25) is 0 Å². The van der Waals surface area contributed by atoms with Gasteiger partial charge in [-0.05, 0) is 44.0 Å². The van der Waals surface area contributed by atoms with E-state index in [4.69, 9.17) is 9.15 Å². The van der Waals surface area contributed by atoms with Gasteiger partial charge in [0.2, 0.25) is 5.91 Å². The minimum atomic E-state index is -0.441. The van der Waals surface area contributed by atoms with Crippen molar-refractivity contribution in [2.75, 3.05) is 13.2 Å². The Morgan fingerprint density at radius 3 is 2.80 bits per heavy atom. The van der Waals surface area contributed by atoms with E-state index in [1.165, 1.54) is 0 Å². The Hall–Kier alpha value is -2.76. The quantitative estimate of drug-likeness (QED) is 0.874. The Balaban J connectivity index is 1.52. The van der Waals surface area contributed by atoms with Crippen LogP contribution in [0.25, 0.3) is 0 Å². The van der Waals surface area contributed by atoms with Crippen LogP contribution in [-0.4, -0.2) is 35.9 Å². The number of carbonyl (C=O) groups is 2. The number of aryl methyl sites for hydroxylation is 1. The Morgan fingerprint density at radius 2 is 2.08 bits per heavy atom. The molecule has 1 unspecified atom stereocenters. The largest absolute Gasteiger partial charge is 0.484 e. The smallest absolute Gasteiger partial charge is 0.261 e. The molecule has 132 valence electrons. The monoisotopic (exact) mass is 342 g/mol. The van der Waals surface area contributed by atoms with Crippen molar-refractivity contribution >= 4 is 11.8 Å². The first-order chi connectivity index (χ1) is 12.1. The maximum absolute atomic E-state index is 12.4. The summed E-state index contributed by atoms with van der Waals surface area (Å²) in [5, 5.41) is 2.82. The first-order valence-corrected chi connectivity index (χ1v) is 8.42. The summed E-state index contributed by atoms with van der Waals surface area (Å²) in [5.41, 5.74) is 1.13. The van der Waals surface area contributed by atoms with E-state index < -0.39 is 6.04 Å². The average molecular weight is 342 g/mol.